The highest BCUT2D eigenvalue weighted by atomic mass is 79.9. The van der Waals surface area contributed by atoms with Gasteiger partial charge in [-0.2, -0.15) is 0 Å². The lowest BCUT2D eigenvalue weighted by Crippen LogP contribution is -2.19. The second-order valence-corrected chi connectivity index (χ2v) is 8.45. The third-order valence-electron chi connectivity index (χ3n) is 4.04. The van der Waals surface area contributed by atoms with Crippen LogP contribution in [-0.4, -0.2) is 13.2 Å². The van der Waals surface area contributed by atoms with Crippen LogP contribution in [0.25, 0.3) is 0 Å². The van der Waals surface area contributed by atoms with Gasteiger partial charge in [-0.3, -0.25) is 0 Å². The number of hydrogen-bond acceptors (Lipinski definition) is 2. The summed E-state index contributed by atoms with van der Waals surface area (Å²) < 4.78 is 12.4. The number of hydrogen-bond donors (Lipinski definition) is 0. The molecule has 1 heterocycles. The molecule has 2 atom stereocenters. The van der Waals surface area contributed by atoms with E-state index in [0.29, 0.717) is 29.4 Å². The standard InChI is InChI=1S/C16H22Br2O2/c1-10(16(2,3)4)7-12(17)11-8-14-15(9-13(11)18)20-6-5-19-14/h8-10,12H,5-7H2,1-4H3. The first-order chi connectivity index (χ1) is 9.29. The monoisotopic (exact) mass is 404 g/mol. The fourth-order valence-corrected chi connectivity index (χ4v) is 3.96. The Kier molecular flexibility index (Phi) is 5.06. The molecule has 0 aromatic heterocycles. The highest BCUT2D eigenvalue weighted by Gasteiger charge is 2.25. The number of fused-ring (bicyclic) bond motifs is 1. The summed E-state index contributed by atoms with van der Waals surface area (Å²) in [6.45, 7) is 10.4. The first kappa shape index (κ1) is 16.2. The third-order valence-corrected chi connectivity index (χ3v) is 5.59. The Bertz CT molecular complexity index is 480. The van der Waals surface area contributed by atoms with Crippen molar-refractivity contribution in [1.82, 2.24) is 0 Å². The summed E-state index contributed by atoms with van der Waals surface area (Å²) in [5.74, 6) is 2.30. The van der Waals surface area contributed by atoms with Crippen LogP contribution in [0, 0.1) is 11.3 Å². The fourth-order valence-electron chi connectivity index (χ4n) is 2.11. The maximum atomic E-state index is 5.67. The Hall–Kier alpha value is -0.220. The van der Waals surface area contributed by atoms with Crippen LogP contribution in [0.1, 0.15) is 44.5 Å². The van der Waals surface area contributed by atoms with Gasteiger partial charge in [0.2, 0.25) is 0 Å². The van der Waals surface area contributed by atoms with Crippen molar-refractivity contribution in [3.8, 4) is 11.5 Å². The summed E-state index contributed by atoms with van der Waals surface area (Å²) in [6.07, 6.45) is 1.09. The molecule has 0 bridgehead atoms. The molecule has 2 nitrogen and oxygen atoms in total. The Morgan fingerprint density at radius 2 is 1.70 bits per heavy atom. The van der Waals surface area contributed by atoms with Crippen LogP contribution in [0.5, 0.6) is 11.5 Å². The number of ether oxygens (including phenoxy) is 2. The molecular weight excluding hydrogens is 384 g/mol. The molecule has 20 heavy (non-hydrogen) atoms. The molecule has 1 aliphatic heterocycles. The van der Waals surface area contributed by atoms with E-state index in [0.717, 1.165) is 22.4 Å². The minimum absolute atomic E-state index is 0.307. The summed E-state index contributed by atoms with van der Waals surface area (Å²) >= 11 is 7.48. The van der Waals surface area contributed by atoms with E-state index in [4.69, 9.17) is 9.47 Å². The van der Waals surface area contributed by atoms with Crippen molar-refractivity contribution in [2.24, 2.45) is 11.3 Å². The van der Waals surface area contributed by atoms with E-state index >= 15 is 0 Å². The van der Waals surface area contributed by atoms with Crippen LogP contribution < -0.4 is 9.47 Å². The number of halogens is 2. The van der Waals surface area contributed by atoms with E-state index in [9.17, 15) is 0 Å². The molecule has 1 aliphatic rings. The van der Waals surface area contributed by atoms with Crippen molar-refractivity contribution < 1.29 is 9.47 Å². The van der Waals surface area contributed by atoms with Gasteiger partial charge in [0.15, 0.2) is 11.5 Å². The van der Waals surface area contributed by atoms with E-state index < -0.39 is 0 Å². The van der Waals surface area contributed by atoms with Gasteiger partial charge in [-0.1, -0.05) is 59.6 Å². The zero-order chi connectivity index (χ0) is 14.9. The molecule has 1 aromatic carbocycles. The van der Waals surface area contributed by atoms with Crippen LogP contribution in [0.3, 0.4) is 0 Å². The van der Waals surface area contributed by atoms with Gasteiger partial charge in [-0.25, -0.2) is 0 Å². The van der Waals surface area contributed by atoms with Crippen LogP contribution >= 0.6 is 31.9 Å². The predicted molar refractivity (Wildman–Crippen MR) is 90.0 cm³/mol. The van der Waals surface area contributed by atoms with Crippen molar-refractivity contribution in [1.29, 1.82) is 0 Å². The molecule has 2 unspecified atom stereocenters. The molecule has 0 saturated heterocycles. The minimum Gasteiger partial charge on any atom is -0.486 e. The smallest absolute Gasteiger partial charge is 0.162 e. The lowest BCUT2D eigenvalue weighted by atomic mass is 9.79. The summed E-state index contributed by atoms with van der Waals surface area (Å²) in [6, 6.07) is 4.10. The van der Waals surface area contributed by atoms with Crippen molar-refractivity contribution in [3.05, 3.63) is 22.2 Å². The number of benzene rings is 1. The zero-order valence-corrected chi connectivity index (χ0v) is 15.7. The van der Waals surface area contributed by atoms with Gasteiger partial charge in [0.1, 0.15) is 13.2 Å². The maximum absolute atomic E-state index is 5.67. The molecule has 0 N–H and O–H groups in total. The van der Waals surface area contributed by atoms with Crippen molar-refractivity contribution in [3.63, 3.8) is 0 Å². The summed E-state index contributed by atoms with van der Waals surface area (Å²) in [7, 11) is 0. The quantitative estimate of drug-likeness (QED) is 0.598. The van der Waals surface area contributed by atoms with Gasteiger partial charge >= 0.3 is 0 Å². The maximum Gasteiger partial charge on any atom is 0.162 e. The Balaban J connectivity index is 2.19. The van der Waals surface area contributed by atoms with Gasteiger partial charge in [0, 0.05) is 9.30 Å². The van der Waals surface area contributed by atoms with Gasteiger partial charge in [-0.05, 0) is 35.4 Å². The average Bonchev–Trinajstić information content (AvgIpc) is 2.36. The molecule has 0 radical (unpaired) electrons. The van der Waals surface area contributed by atoms with Gasteiger partial charge in [0.25, 0.3) is 0 Å². The van der Waals surface area contributed by atoms with E-state index in [-0.39, 0.29) is 0 Å². The van der Waals surface area contributed by atoms with Crippen LogP contribution in [-0.2, 0) is 0 Å². The molecule has 0 saturated carbocycles. The van der Waals surface area contributed by atoms with E-state index in [1.807, 2.05) is 6.07 Å². The summed E-state index contributed by atoms with van der Waals surface area (Å²) in [5, 5.41) is 0. The third kappa shape index (κ3) is 3.70. The van der Waals surface area contributed by atoms with Gasteiger partial charge in [0.05, 0.1) is 0 Å². The Morgan fingerprint density at radius 1 is 1.15 bits per heavy atom. The minimum atomic E-state index is 0.307. The lowest BCUT2D eigenvalue weighted by Gasteiger charge is -2.30. The molecular formula is C16H22Br2O2. The van der Waals surface area contributed by atoms with Gasteiger partial charge < -0.3 is 9.47 Å². The van der Waals surface area contributed by atoms with Crippen molar-refractivity contribution in [2.75, 3.05) is 13.2 Å². The molecule has 0 aliphatic carbocycles. The second-order valence-electron chi connectivity index (χ2n) is 6.49. The molecule has 0 amide bonds. The number of alkyl halides is 1. The molecule has 1 aromatic rings. The second kappa shape index (κ2) is 6.27. The average molecular weight is 406 g/mol. The van der Waals surface area contributed by atoms with E-state index in [2.05, 4.69) is 65.6 Å². The summed E-state index contributed by atoms with van der Waals surface area (Å²) in [4.78, 5) is 0.307. The Morgan fingerprint density at radius 3 is 2.25 bits per heavy atom. The lowest BCUT2D eigenvalue weighted by molar-refractivity contribution is 0.171. The first-order valence-electron chi connectivity index (χ1n) is 7.02. The van der Waals surface area contributed by atoms with Crippen LogP contribution in [0.4, 0.5) is 0 Å². The zero-order valence-electron chi connectivity index (χ0n) is 12.5. The number of rotatable bonds is 3. The van der Waals surface area contributed by atoms with Crippen LogP contribution in [0.15, 0.2) is 16.6 Å². The summed E-state index contributed by atoms with van der Waals surface area (Å²) in [5.41, 5.74) is 1.54. The normalized spacial score (nSPS) is 17.7. The Labute approximate surface area is 138 Å². The molecule has 112 valence electrons. The topological polar surface area (TPSA) is 18.5 Å². The van der Waals surface area contributed by atoms with Crippen molar-refractivity contribution in [2.45, 2.75) is 38.9 Å². The van der Waals surface area contributed by atoms with Gasteiger partial charge in [-0.15, -0.1) is 0 Å². The SMILES string of the molecule is CC(CC(Br)c1cc2c(cc1Br)OCCO2)C(C)(C)C. The predicted octanol–water partition coefficient (Wildman–Crippen LogP) is 5.73. The van der Waals surface area contributed by atoms with Crippen molar-refractivity contribution >= 4 is 31.9 Å². The molecule has 0 fully saturated rings. The molecule has 0 spiro atoms. The largest absolute Gasteiger partial charge is 0.486 e. The van der Waals surface area contributed by atoms with E-state index in [1.54, 1.807) is 0 Å². The first-order valence-corrected chi connectivity index (χ1v) is 8.73. The molecule has 4 heteroatoms. The van der Waals surface area contributed by atoms with E-state index in [1.165, 1.54) is 5.56 Å². The highest BCUT2D eigenvalue weighted by molar-refractivity contribution is 9.11. The van der Waals surface area contributed by atoms with Crippen LogP contribution in [0.2, 0.25) is 0 Å². The highest BCUT2D eigenvalue weighted by Crippen LogP contribution is 2.44. The fraction of sp³-hybridized carbons (Fsp3) is 0.625. The molecule has 2 rings (SSSR count).